The van der Waals surface area contributed by atoms with Gasteiger partial charge in [0.05, 0.1) is 19.2 Å². The number of nitrogens with zero attached hydrogens (tertiary/aromatic N) is 2. The van der Waals surface area contributed by atoms with Gasteiger partial charge in [0.25, 0.3) is 6.43 Å². The first-order chi connectivity index (χ1) is 8.56. The lowest BCUT2D eigenvalue weighted by Crippen LogP contribution is -2.50. The van der Waals surface area contributed by atoms with Crippen molar-refractivity contribution in [3.63, 3.8) is 0 Å². The zero-order chi connectivity index (χ0) is 13.5. The molecule has 0 aromatic carbocycles. The molecule has 0 aliphatic carbocycles. The van der Waals surface area contributed by atoms with Gasteiger partial charge in [0.1, 0.15) is 0 Å². The Morgan fingerprint density at radius 1 is 1.33 bits per heavy atom. The molecule has 1 saturated heterocycles. The Labute approximate surface area is 107 Å². The second kappa shape index (κ2) is 7.63. The molecular formula is C12H22F2N2O2. The molecule has 1 heterocycles. The molecule has 4 nitrogen and oxygen atoms in total. The number of aliphatic hydroxyl groups is 1. The summed E-state index contributed by atoms with van der Waals surface area (Å²) in [5, 5.41) is 8.88. The molecule has 18 heavy (non-hydrogen) atoms. The van der Waals surface area contributed by atoms with Crippen LogP contribution >= 0.6 is 0 Å². The summed E-state index contributed by atoms with van der Waals surface area (Å²) in [4.78, 5) is 15.2. The number of piperidine rings is 1. The van der Waals surface area contributed by atoms with Crippen molar-refractivity contribution >= 4 is 5.91 Å². The average Bonchev–Trinajstić information content (AvgIpc) is 2.37. The van der Waals surface area contributed by atoms with E-state index in [0.29, 0.717) is 13.1 Å². The zero-order valence-corrected chi connectivity index (χ0v) is 10.8. The highest BCUT2D eigenvalue weighted by Crippen LogP contribution is 2.13. The molecule has 1 N–H and O–H groups in total. The van der Waals surface area contributed by atoms with E-state index in [1.807, 2.05) is 0 Å². The van der Waals surface area contributed by atoms with Gasteiger partial charge >= 0.3 is 0 Å². The molecule has 0 aromatic rings. The summed E-state index contributed by atoms with van der Waals surface area (Å²) < 4.78 is 24.9. The minimum absolute atomic E-state index is 0.102. The van der Waals surface area contributed by atoms with Crippen molar-refractivity contribution in [3.05, 3.63) is 0 Å². The smallest absolute Gasteiger partial charge is 0.251 e. The minimum Gasteiger partial charge on any atom is -0.395 e. The van der Waals surface area contributed by atoms with Crippen LogP contribution in [0.3, 0.4) is 0 Å². The summed E-state index contributed by atoms with van der Waals surface area (Å²) in [6.07, 6.45) is 0.587. The van der Waals surface area contributed by atoms with Crippen LogP contribution in [0.5, 0.6) is 0 Å². The minimum atomic E-state index is -2.49. The average molecular weight is 264 g/mol. The first-order valence-corrected chi connectivity index (χ1v) is 6.48. The van der Waals surface area contributed by atoms with Gasteiger partial charge in [-0.3, -0.25) is 9.69 Å². The van der Waals surface area contributed by atoms with Crippen molar-refractivity contribution in [2.75, 3.05) is 32.8 Å². The molecule has 6 heteroatoms. The molecule has 0 spiro atoms. The number of halogens is 2. The van der Waals surface area contributed by atoms with Gasteiger partial charge in [0.15, 0.2) is 0 Å². The summed E-state index contributed by atoms with van der Waals surface area (Å²) in [5.74, 6) is -0.108. The number of hydrogen-bond donors (Lipinski definition) is 1. The van der Waals surface area contributed by atoms with Crippen molar-refractivity contribution in [2.24, 2.45) is 0 Å². The third-order valence-electron chi connectivity index (χ3n) is 3.33. The molecule has 0 aromatic heterocycles. The van der Waals surface area contributed by atoms with Crippen molar-refractivity contribution in [3.8, 4) is 0 Å². The van der Waals surface area contributed by atoms with E-state index in [2.05, 4.69) is 0 Å². The van der Waals surface area contributed by atoms with Crippen molar-refractivity contribution in [2.45, 2.75) is 38.7 Å². The Morgan fingerprint density at radius 2 is 1.94 bits per heavy atom. The van der Waals surface area contributed by atoms with E-state index in [1.165, 1.54) is 4.90 Å². The second-order valence-electron chi connectivity index (χ2n) is 4.67. The Bertz CT molecular complexity index is 258. The van der Waals surface area contributed by atoms with Crippen LogP contribution < -0.4 is 0 Å². The lowest BCUT2D eigenvalue weighted by Gasteiger charge is -2.34. The maximum Gasteiger partial charge on any atom is 0.251 e. The summed E-state index contributed by atoms with van der Waals surface area (Å²) in [7, 11) is 0. The molecular weight excluding hydrogens is 242 g/mol. The predicted molar refractivity (Wildman–Crippen MR) is 64.6 cm³/mol. The molecule has 106 valence electrons. The van der Waals surface area contributed by atoms with Gasteiger partial charge in [0.2, 0.25) is 5.91 Å². The van der Waals surface area contributed by atoms with Crippen LogP contribution in [0.1, 0.15) is 26.2 Å². The number of carbonyl (C=O) groups excluding carboxylic acids is 1. The lowest BCUT2D eigenvalue weighted by atomic mass is 10.1. The highest BCUT2D eigenvalue weighted by atomic mass is 19.3. The normalized spacial score (nSPS) is 18.4. The van der Waals surface area contributed by atoms with Gasteiger partial charge < -0.3 is 10.0 Å². The van der Waals surface area contributed by atoms with Crippen LogP contribution in [0.15, 0.2) is 0 Å². The van der Waals surface area contributed by atoms with Gasteiger partial charge in [-0.15, -0.1) is 0 Å². The number of carbonyl (C=O) groups is 1. The molecule has 0 saturated carbocycles. The van der Waals surface area contributed by atoms with Crippen LogP contribution in [0, 0.1) is 0 Å². The van der Waals surface area contributed by atoms with Crippen LogP contribution in [0.2, 0.25) is 0 Å². The molecule has 1 aliphatic rings. The van der Waals surface area contributed by atoms with Gasteiger partial charge in [-0.1, -0.05) is 0 Å². The van der Waals surface area contributed by atoms with Crippen LogP contribution in [0.4, 0.5) is 8.78 Å². The van der Waals surface area contributed by atoms with E-state index in [1.54, 1.807) is 11.8 Å². The Morgan fingerprint density at radius 3 is 2.44 bits per heavy atom. The van der Waals surface area contributed by atoms with Gasteiger partial charge in [-0.05, 0) is 26.2 Å². The molecule has 0 bridgehead atoms. The highest BCUT2D eigenvalue weighted by Gasteiger charge is 2.28. The van der Waals surface area contributed by atoms with E-state index >= 15 is 0 Å². The predicted octanol–water partition coefficient (Wildman–Crippen LogP) is 0.947. The summed E-state index contributed by atoms with van der Waals surface area (Å²) in [5.41, 5.74) is 0. The monoisotopic (exact) mass is 264 g/mol. The quantitative estimate of drug-likeness (QED) is 0.776. The zero-order valence-electron chi connectivity index (χ0n) is 10.8. The molecule has 1 rings (SSSR count). The largest absolute Gasteiger partial charge is 0.395 e. The van der Waals surface area contributed by atoms with E-state index in [4.69, 9.17) is 5.11 Å². The van der Waals surface area contributed by atoms with Gasteiger partial charge in [-0.25, -0.2) is 8.78 Å². The Balaban J connectivity index is 2.56. The van der Waals surface area contributed by atoms with Gasteiger partial charge in [0, 0.05) is 19.6 Å². The maximum atomic E-state index is 12.4. The van der Waals surface area contributed by atoms with Crippen LogP contribution in [-0.4, -0.2) is 66.1 Å². The third-order valence-corrected chi connectivity index (χ3v) is 3.33. The first-order valence-electron chi connectivity index (χ1n) is 6.48. The van der Waals surface area contributed by atoms with Crippen LogP contribution in [0.25, 0.3) is 0 Å². The number of aliphatic hydroxyl groups excluding tert-OH is 1. The van der Waals surface area contributed by atoms with Crippen LogP contribution in [-0.2, 0) is 4.79 Å². The number of rotatable bonds is 6. The summed E-state index contributed by atoms with van der Waals surface area (Å²) in [6, 6.07) is -0.593. The van der Waals surface area contributed by atoms with E-state index in [9.17, 15) is 13.6 Å². The lowest BCUT2D eigenvalue weighted by molar-refractivity contribution is -0.138. The van der Waals surface area contributed by atoms with E-state index < -0.39 is 19.0 Å². The van der Waals surface area contributed by atoms with Crippen molar-refractivity contribution in [1.29, 1.82) is 0 Å². The number of alkyl halides is 2. The number of hydrogen-bond acceptors (Lipinski definition) is 3. The SMILES string of the molecule is CC(C(=O)N1CCCCC1)N(CCO)CC(F)F. The van der Waals surface area contributed by atoms with E-state index in [0.717, 1.165) is 19.3 Å². The Hall–Kier alpha value is -0.750. The van der Waals surface area contributed by atoms with Gasteiger partial charge in [-0.2, -0.15) is 0 Å². The molecule has 1 fully saturated rings. The third kappa shape index (κ3) is 4.49. The molecule has 1 amide bonds. The summed E-state index contributed by atoms with van der Waals surface area (Å²) in [6.45, 7) is 2.47. The molecule has 1 unspecified atom stereocenters. The molecule has 1 aliphatic heterocycles. The second-order valence-corrected chi connectivity index (χ2v) is 4.67. The van der Waals surface area contributed by atoms with E-state index in [-0.39, 0.29) is 19.1 Å². The van der Waals surface area contributed by atoms with Crippen molar-refractivity contribution in [1.82, 2.24) is 9.80 Å². The first kappa shape index (κ1) is 15.3. The standard InChI is InChI=1S/C12H22F2N2O2/c1-10(16(7-8-17)9-11(13)14)12(18)15-5-3-2-4-6-15/h10-11,17H,2-9H2,1H3. The fourth-order valence-electron chi connectivity index (χ4n) is 2.28. The fourth-order valence-corrected chi connectivity index (χ4v) is 2.28. The highest BCUT2D eigenvalue weighted by molar-refractivity contribution is 5.81. The molecule has 1 atom stereocenters. The number of amides is 1. The summed E-state index contributed by atoms with van der Waals surface area (Å²) >= 11 is 0. The topological polar surface area (TPSA) is 43.8 Å². The molecule has 0 radical (unpaired) electrons. The number of likely N-dealkylation sites (tertiary alicyclic amines) is 1. The van der Waals surface area contributed by atoms with Crippen molar-refractivity contribution < 1.29 is 18.7 Å². The Kier molecular flexibility index (Phi) is 6.49. The maximum absolute atomic E-state index is 12.4. The fraction of sp³-hybridized carbons (Fsp3) is 0.917.